The van der Waals surface area contributed by atoms with Crippen molar-refractivity contribution in [1.29, 1.82) is 0 Å². The molecule has 0 aliphatic rings. The molecule has 1 aromatic rings. The van der Waals surface area contributed by atoms with Gasteiger partial charge in [-0.1, -0.05) is 19.9 Å². The number of hydrogen-bond acceptors (Lipinski definition) is 3. The van der Waals surface area contributed by atoms with E-state index < -0.39 is 0 Å². The van der Waals surface area contributed by atoms with Crippen molar-refractivity contribution < 1.29 is 4.74 Å². The zero-order chi connectivity index (χ0) is 13.7. The summed E-state index contributed by atoms with van der Waals surface area (Å²) in [4.78, 5) is 2.31. The maximum Gasteiger partial charge on any atom is 0.123 e. The van der Waals surface area contributed by atoms with Gasteiger partial charge in [-0.05, 0) is 37.6 Å². The van der Waals surface area contributed by atoms with Crippen LogP contribution in [0.4, 0.5) is 0 Å². The molecule has 0 radical (unpaired) electrons. The van der Waals surface area contributed by atoms with Crippen LogP contribution in [-0.4, -0.2) is 25.6 Å². The third kappa shape index (κ3) is 4.31. The SMILES string of the molecule is COc1ccc(C(C)N)cc1CN(C)CC(C)C. The summed E-state index contributed by atoms with van der Waals surface area (Å²) in [5, 5.41) is 0. The number of benzene rings is 1. The van der Waals surface area contributed by atoms with Gasteiger partial charge in [-0.25, -0.2) is 0 Å². The zero-order valence-corrected chi connectivity index (χ0v) is 12.2. The van der Waals surface area contributed by atoms with E-state index in [2.05, 4.69) is 31.9 Å². The van der Waals surface area contributed by atoms with E-state index in [0.717, 1.165) is 24.4 Å². The average molecular weight is 250 g/mol. The van der Waals surface area contributed by atoms with E-state index >= 15 is 0 Å². The quantitative estimate of drug-likeness (QED) is 0.843. The molecule has 1 unspecified atom stereocenters. The van der Waals surface area contributed by atoms with Crippen LogP contribution in [0.25, 0.3) is 0 Å². The molecule has 1 atom stereocenters. The Morgan fingerprint density at radius 1 is 1.28 bits per heavy atom. The maximum atomic E-state index is 5.93. The normalized spacial score (nSPS) is 13.1. The molecule has 0 spiro atoms. The van der Waals surface area contributed by atoms with E-state index in [1.807, 2.05) is 19.1 Å². The topological polar surface area (TPSA) is 38.5 Å². The van der Waals surface area contributed by atoms with Crippen LogP contribution in [0, 0.1) is 5.92 Å². The van der Waals surface area contributed by atoms with Gasteiger partial charge in [0.2, 0.25) is 0 Å². The predicted molar refractivity (Wildman–Crippen MR) is 76.8 cm³/mol. The molecule has 0 saturated carbocycles. The molecule has 1 aromatic carbocycles. The third-order valence-corrected chi connectivity index (χ3v) is 2.95. The maximum absolute atomic E-state index is 5.93. The van der Waals surface area contributed by atoms with Gasteiger partial charge in [0.25, 0.3) is 0 Å². The van der Waals surface area contributed by atoms with Crippen LogP contribution in [0.3, 0.4) is 0 Å². The van der Waals surface area contributed by atoms with E-state index in [9.17, 15) is 0 Å². The molecule has 3 heteroatoms. The fourth-order valence-electron chi connectivity index (χ4n) is 2.18. The van der Waals surface area contributed by atoms with Crippen LogP contribution in [0.1, 0.15) is 37.9 Å². The molecular weight excluding hydrogens is 224 g/mol. The summed E-state index contributed by atoms with van der Waals surface area (Å²) in [6.07, 6.45) is 0. The van der Waals surface area contributed by atoms with Crippen molar-refractivity contribution in [2.24, 2.45) is 11.7 Å². The molecule has 0 aliphatic carbocycles. The second kappa shape index (κ2) is 6.76. The molecule has 102 valence electrons. The van der Waals surface area contributed by atoms with E-state index in [1.54, 1.807) is 7.11 Å². The predicted octanol–water partition coefficient (Wildman–Crippen LogP) is 2.80. The fourth-order valence-corrected chi connectivity index (χ4v) is 2.18. The molecule has 0 fully saturated rings. The highest BCUT2D eigenvalue weighted by Crippen LogP contribution is 2.23. The van der Waals surface area contributed by atoms with E-state index in [1.165, 1.54) is 5.56 Å². The lowest BCUT2D eigenvalue weighted by Crippen LogP contribution is -2.23. The molecule has 1 rings (SSSR count). The Morgan fingerprint density at radius 2 is 1.94 bits per heavy atom. The Kier molecular flexibility index (Phi) is 5.63. The minimum atomic E-state index is 0.0602. The molecule has 18 heavy (non-hydrogen) atoms. The summed E-state index contributed by atoms with van der Waals surface area (Å²) >= 11 is 0. The molecule has 3 nitrogen and oxygen atoms in total. The van der Waals surface area contributed by atoms with Crippen LogP contribution in [0.15, 0.2) is 18.2 Å². The van der Waals surface area contributed by atoms with Gasteiger partial charge in [0, 0.05) is 24.7 Å². The number of hydrogen-bond donors (Lipinski definition) is 1. The Bertz CT molecular complexity index is 375. The fraction of sp³-hybridized carbons (Fsp3) is 0.600. The lowest BCUT2D eigenvalue weighted by molar-refractivity contribution is 0.283. The van der Waals surface area contributed by atoms with E-state index in [0.29, 0.717) is 5.92 Å². The van der Waals surface area contributed by atoms with Gasteiger partial charge in [-0.15, -0.1) is 0 Å². The molecule has 0 saturated heterocycles. The first-order valence-corrected chi connectivity index (χ1v) is 6.55. The number of nitrogens with zero attached hydrogens (tertiary/aromatic N) is 1. The first-order chi connectivity index (χ1) is 8.43. The Labute approximate surface area is 111 Å². The molecular formula is C15H26N2O. The van der Waals surface area contributed by atoms with Gasteiger partial charge in [-0.3, -0.25) is 0 Å². The molecule has 2 N–H and O–H groups in total. The molecule has 0 aromatic heterocycles. The second-order valence-corrected chi connectivity index (χ2v) is 5.45. The minimum absolute atomic E-state index is 0.0602. The lowest BCUT2D eigenvalue weighted by atomic mass is 10.0. The summed E-state index contributed by atoms with van der Waals surface area (Å²) < 4.78 is 5.42. The number of ether oxygens (including phenoxy) is 1. The van der Waals surface area contributed by atoms with Gasteiger partial charge >= 0.3 is 0 Å². The highest BCUT2D eigenvalue weighted by Gasteiger charge is 2.10. The highest BCUT2D eigenvalue weighted by molar-refractivity contribution is 5.38. The lowest BCUT2D eigenvalue weighted by Gasteiger charge is -2.21. The Morgan fingerprint density at radius 3 is 2.44 bits per heavy atom. The highest BCUT2D eigenvalue weighted by atomic mass is 16.5. The van der Waals surface area contributed by atoms with Crippen molar-refractivity contribution in [1.82, 2.24) is 4.90 Å². The van der Waals surface area contributed by atoms with Crippen molar-refractivity contribution in [3.8, 4) is 5.75 Å². The summed E-state index contributed by atoms with van der Waals surface area (Å²) in [7, 11) is 3.85. The van der Waals surface area contributed by atoms with Gasteiger partial charge in [-0.2, -0.15) is 0 Å². The summed E-state index contributed by atoms with van der Waals surface area (Å²) in [6, 6.07) is 6.26. The molecule has 0 aliphatic heterocycles. The smallest absolute Gasteiger partial charge is 0.123 e. The monoisotopic (exact) mass is 250 g/mol. The van der Waals surface area contributed by atoms with Crippen molar-refractivity contribution >= 4 is 0 Å². The van der Waals surface area contributed by atoms with Gasteiger partial charge in [0.1, 0.15) is 5.75 Å². The van der Waals surface area contributed by atoms with Crippen LogP contribution >= 0.6 is 0 Å². The van der Waals surface area contributed by atoms with Gasteiger partial charge in [0.05, 0.1) is 7.11 Å². The van der Waals surface area contributed by atoms with Crippen LogP contribution in [0.2, 0.25) is 0 Å². The van der Waals surface area contributed by atoms with Crippen LogP contribution < -0.4 is 10.5 Å². The molecule has 0 bridgehead atoms. The number of rotatable bonds is 6. The first-order valence-electron chi connectivity index (χ1n) is 6.55. The van der Waals surface area contributed by atoms with Crippen LogP contribution in [-0.2, 0) is 6.54 Å². The van der Waals surface area contributed by atoms with Crippen molar-refractivity contribution in [3.63, 3.8) is 0 Å². The van der Waals surface area contributed by atoms with E-state index in [4.69, 9.17) is 10.5 Å². The summed E-state index contributed by atoms with van der Waals surface area (Å²) in [6.45, 7) is 8.43. The summed E-state index contributed by atoms with van der Waals surface area (Å²) in [5.41, 5.74) is 8.29. The minimum Gasteiger partial charge on any atom is -0.496 e. The van der Waals surface area contributed by atoms with Crippen molar-refractivity contribution in [3.05, 3.63) is 29.3 Å². The largest absolute Gasteiger partial charge is 0.496 e. The van der Waals surface area contributed by atoms with E-state index in [-0.39, 0.29) is 6.04 Å². The molecule has 0 heterocycles. The standard InChI is InChI=1S/C15H26N2O/c1-11(2)9-17(4)10-14-8-13(12(3)16)6-7-15(14)18-5/h6-8,11-12H,9-10,16H2,1-5H3. The summed E-state index contributed by atoms with van der Waals surface area (Å²) in [5.74, 6) is 1.60. The Balaban J connectivity index is 2.87. The van der Waals surface area contributed by atoms with Crippen molar-refractivity contribution in [2.75, 3.05) is 20.7 Å². The molecule has 0 amide bonds. The first kappa shape index (κ1) is 15.0. The van der Waals surface area contributed by atoms with Crippen LogP contribution in [0.5, 0.6) is 5.75 Å². The van der Waals surface area contributed by atoms with Gasteiger partial charge in [0.15, 0.2) is 0 Å². The third-order valence-electron chi connectivity index (χ3n) is 2.95. The van der Waals surface area contributed by atoms with Gasteiger partial charge < -0.3 is 15.4 Å². The number of methoxy groups -OCH3 is 1. The Hall–Kier alpha value is -1.06. The second-order valence-electron chi connectivity index (χ2n) is 5.45. The zero-order valence-electron chi connectivity index (χ0n) is 12.2. The number of nitrogens with two attached hydrogens (primary N) is 1. The van der Waals surface area contributed by atoms with Crippen molar-refractivity contribution in [2.45, 2.75) is 33.4 Å². The average Bonchev–Trinajstić information content (AvgIpc) is 2.27.